The van der Waals surface area contributed by atoms with Crippen LogP contribution < -0.4 is 15.4 Å². The molecule has 0 saturated heterocycles. The van der Waals surface area contributed by atoms with Crippen LogP contribution in [-0.2, 0) is 4.79 Å². The summed E-state index contributed by atoms with van der Waals surface area (Å²) in [4.78, 5) is 23.5. The summed E-state index contributed by atoms with van der Waals surface area (Å²) in [6.45, 7) is 1.38. The lowest BCUT2D eigenvalue weighted by molar-refractivity contribution is -0.114. The number of amides is 2. The molecule has 0 atom stereocenters. The topological polar surface area (TPSA) is 67.4 Å². The van der Waals surface area contributed by atoms with Gasteiger partial charge in [-0.25, -0.2) is 8.78 Å². The van der Waals surface area contributed by atoms with Crippen molar-refractivity contribution in [3.63, 3.8) is 0 Å². The van der Waals surface area contributed by atoms with E-state index in [1.54, 1.807) is 12.1 Å². The Balaban J connectivity index is 1.68. The van der Waals surface area contributed by atoms with Crippen molar-refractivity contribution in [1.29, 1.82) is 0 Å². The fourth-order valence-electron chi connectivity index (χ4n) is 2.45. The number of anilines is 2. The van der Waals surface area contributed by atoms with E-state index in [1.165, 1.54) is 43.3 Å². The number of rotatable bonds is 5. The molecule has 0 aromatic heterocycles. The average molecular weight is 417 g/mol. The fraction of sp³-hybridized carbons (Fsp3) is 0.0476. The number of hydrogen-bond acceptors (Lipinski definition) is 3. The minimum atomic E-state index is -0.829. The molecule has 3 aromatic carbocycles. The van der Waals surface area contributed by atoms with Crippen molar-refractivity contribution in [1.82, 2.24) is 0 Å². The zero-order valence-electron chi connectivity index (χ0n) is 15.1. The molecule has 8 heteroatoms. The maximum absolute atomic E-state index is 13.7. The van der Waals surface area contributed by atoms with E-state index < -0.39 is 17.5 Å². The number of halogens is 3. The normalized spacial score (nSPS) is 10.3. The molecule has 148 valence electrons. The van der Waals surface area contributed by atoms with Gasteiger partial charge in [-0.3, -0.25) is 9.59 Å². The monoisotopic (exact) mass is 416 g/mol. The quantitative estimate of drug-likeness (QED) is 0.567. The molecule has 0 heterocycles. The van der Waals surface area contributed by atoms with E-state index in [4.69, 9.17) is 16.3 Å². The molecule has 2 amide bonds. The van der Waals surface area contributed by atoms with E-state index in [0.29, 0.717) is 16.9 Å². The summed E-state index contributed by atoms with van der Waals surface area (Å²) < 4.78 is 32.0. The van der Waals surface area contributed by atoms with Crippen LogP contribution in [0.4, 0.5) is 20.2 Å². The number of carbonyl (C=O) groups excluding carboxylic acids is 2. The molecular formula is C21H15ClF2N2O3. The summed E-state index contributed by atoms with van der Waals surface area (Å²) in [7, 11) is 0. The van der Waals surface area contributed by atoms with E-state index in [0.717, 1.165) is 12.1 Å². The van der Waals surface area contributed by atoms with E-state index >= 15 is 0 Å². The van der Waals surface area contributed by atoms with Crippen LogP contribution in [-0.4, -0.2) is 11.8 Å². The van der Waals surface area contributed by atoms with Crippen LogP contribution in [0, 0.1) is 11.6 Å². The van der Waals surface area contributed by atoms with Gasteiger partial charge in [0, 0.05) is 24.2 Å². The molecule has 3 aromatic rings. The van der Waals surface area contributed by atoms with Crippen LogP contribution in [0.2, 0.25) is 5.02 Å². The van der Waals surface area contributed by atoms with Crippen molar-refractivity contribution in [2.75, 3.05) is 10.6 Å². The smallest absolute Gasteiger partial charge is 0.255 e. The summed E-state index contributed by atoms with van der Waals surface area (Å²) in [6, 6.07) is 13.6. The molecular weight excluding hydrogens is 402 g/mol. The molecule has 2 N–H and O–H groups in total. The molecule has 0 fully saturated rings. The Bertz CT molecular complexity index is 1070. The summed E-state index contributed by atoms with van der Waals surface area (Å²) in [5.41, 5.74) is 1.20. The average Bonchev–Trinajstić information content (AvgIpc) is 2.66. The highest BCUT2D eigenvalue weighted by atomic mass is 35.5. The van der Waals surface area contributed by atoms with Crippen molar-refractivity contribution in [3.8, 4) is 11.5 Å². The molecule has 5 nitrogen and oxygen atoms in total. The van der Waals surface area contributed by atoms with Gasteiger partial charge in [-0.15, -0.1) is 0 Å². The third kappa shape index (κ3) is 5.30. The molecule has 0 spiro atoms. The van der Waals surface area contributed by atoms with Crippen molar-refractivity contribution in [2.24, 2.45) is 0 Å². The van der Waals surface area contributed by atoms with Gasteiger partial charge in [-0.2, -0.15) is 0 Å². The third-order valence-corrected chi connectivity index (χ3v) is 4.09. The minimum Gasteiger partial charge on any atom is -0.454 e. The van der Waals surface area contributed by atoms with Crippen LogP contribution in [0.15, 0.2) is 60.7 Å². The summed E-state index contributed by atoms with van der Waals surface area (Å²) in [5, 5.41) is 5.52. The van der Waals surface area contributed by atoms with Crippen LogP contribution in [0.1, 0.15) is 17.3 Å². The first kappa shape index (κ1) is 20.3. The second kappa shape index (κ2) is 8.70. The van der Waals surface area contributed by atoms with E-state index in [9.17, 15) is 18.4 Å². The van der Waals surface area contributed by atoms with E-state index in [-0.39, 0.29) is 22.4 Å². The first-order valence-corrected chi connectivity index (χ1v) is 8.81. The Morgan fingerprint density at radius 1 is 0.931 bits per heavy atom. The maximum atomic E-state index is 13.7. The highest BCUT2D eigenvalue weighted by Crippen LogP contribution is 2.27. The van der Waals surface area contributed by atoms with Gasteiger partial charge >= 0.3 is 0 Å². The zero-order chi connectivity index (χ0) is 21.0. The molecule has 0 aliphatic carbocycles. The van der Waals surface area contributed by atoms with Crippen molar-refractivity contribution < 1.29 is 23.1 Å². The Morgan fingerprint density at radius 2 is 1.66 bits per heavy atom. The standard InChI is InChI=1S/C21H15ClF2N2O3/c1-12(27)25-15-5-8-19(17(22)11-15)26-21(28)13-2-6-16(7-3-13)29-20-9-4-14(23)10-18(20)24/h2-11H,1H3,(H,25,27)(H,26,28). The van der Waals surface area contributed by atoms with Crippen LogP contribution in [0.5, 0.6) is 11.5 Å². The molecule has 0 saturated carbocycles. The molecule has 0 aliphatic rings. The SMILES string of the molecule is CC(=O)Nc1ccc(NC(=O)c2ccc(Oc3ccc(F)cc3F)cc2)c(Cl)c1. The van der Waals surface area contributed by atoms with Gasteiger partial charge in [0.25, 0.3) is 5.91 Å². The molecule has 0 radical (unpaired) electrons. The van der Waals surface area contributed by atoms with Crippen LogP contribution in [0.3, 0.4) is 0 Å². The van der Waals surface area contributed by atoms with Crippen molar-refractivity contribution >= 4 is 34.8 Å². The zero-order valence-corrected chi connectivity index (χ0v) is 15.9. The molecule has 29 heavy (non-hydrogen) atoms. The maximum Gasteiger partial charge on any atom is 0.255 e. The van der Waals surface area contributed by atoms with Gasteiger partial charge in [0.15, 0.2) is 11.6 Å². The van der Waals surface area contributed by atoms with Gasteiger partial charge in [0.05, 0.1) is 10.7 Å². The second-order valence-electron chi connectivity index (χ2n) is 6.03. The first-order valence-electron chi connectivity index (χ1n) is 8.43. The minimum absolute atomic E-state index is 0.130. The first-order chi connectivity index (χ1) is 13.8. The van der Waals surface area contributed by atoms with Gasteiger partial charge < -0.3 is 15.4 Å². The lowest BCUT2D eigenvalue weighted by Gasteiger charge is -2.10. The van der Waals surface area contributed by atoms with E-state index in [2.05, 4.69) is 10.6 Å². The predicted molar refractivity (Wildman–Crippen MR) is 107 cm³/mol. The number of hydrogen-bond donors (Lipinski definition) is 2. The van der Waals surface area contributed by atoms with Gasteiger partial charge in [0.1, 0.15) is 11.6 Å². The Hall–Kier alpha value is -3.45. The fourth-order valence-corrected chi connectivity index (χ4v) is 2.68. The Morgan fingerprint density at radius 3 is 2.28 bits per heavy atom. The number of ether oxygens (including phenoxy) is 1. The van der Waals surface area contributed by atoms with E-state index in [1.807, 2.05) is 0 Å². The Kier molecular flexibility index (Phi) is 6.09. The largest absolute Gasteiger partial charge is 0.454 e. The van der Waals surface area contributed by atoms with Gasteiger partial charge in [-0.1, -0.05) is 11.6 Å². The highest BCUT2D eigenvalue weighted by Gasteiger charge is 2.11. The van der Waals surface area contributed by atoms with Crippen molar-refractivity contribution in [2.45, 2.75) is 6.92 Å². The summed E-state index contributed by atoms with van der Waals surface area (Å²) >= 11 is 6.14. The van der Waals surface area contributed by atoms with Crippen LogP contribution >= 0.6 is 11.6 Å². The van der Waals surface area contributed by atoms with Crippen LogP contribution in [0.25, 0.3) is 0 Å². The van der Waals surface area contributed by atoms with Gasteiger partial charge in [0.2, 0.25) is 5.91 Å². The molecule has 3 rings (SSSR count). The highest BCUT2D eigenvalue weighted by molar-refractivity contribution is 6.34. The lowest BCUT2D eigenvalue weighted by Crippen LogP contribution is -2.12. The molecule has 0 bridgehead atoms. The molecule has 0 unspecified atom stereocenters. The number of benzene rings is 3. The van der Waals surface area contributed by atoms with Gasteiger partial charge in [-0.05, 0) is 54.6 Å². The number of nitrogens with one attached hydrogen (secondary N) is 2. The summed E-state index contributed by atoms with van der Waals surface area (Å²) in [5.74, 6) is -2.03. The van der Waals surface area contributed by atoms with Crippen molar-refractivity contribution in [3.05, 3.63) is 82.9 Å². The second-order valence-corrected chi connectivity index (χ2v) is 6.44. The molecule has 0 aliphatic heterocycles. The lowest BCUT2D eigenvalue weighted by atomic mass is 10.2. The Labute approximate surface area is 170 Å². The summed E-state index contributed by atoms with van der Waals surface area (Å²) in [6.07, 6.45) is 0. The predicted octanol–water partition coefficient (Wildman–Crippen LogP) is 5.62. The number of carbonyl (C=O) groups is 2. The third-order valence-electron chi connectivity index (χ3n) is 3.78.